The molecule has 1 aromatic heterocycles. The van der Waals surface area contributed by atoms with Crippen molar-refractivity contribution in [3.63, 3.8) is 0 Å². The van der Waals surface area contributed by atoms with E-state index in [2.05, 4.69) is 22.5 Å². The van der Waals surface area contributed by atoms with E-state index in [0.717, 1.165) is 27.8 Å². The summed E-state index contributed by atoms with van der Waals surface area (Å²) in [6, 6.07) is 18.0. The van der Waals surface area contributed by atoms with Gasteiger partial charge in [0, 0.05) is 11.5 Å². The Morgan fingerprint density at radius 2 is 1.85 bits per heavy atom. The smallest absolute Gasteiger partial charge is 0.141 e. The molecule has 0 aliphatic heterocycles. The molecule has 0 spiro atoms. The number of hydrogen-bond donors (Lipinski definition) is 2. The number of hydrazine groups is 1. The molecule has 4 heteroatoms. The molecular formula is C16H15N3O. The van der Waals surface area contributed by atoms with Crippen LogP contribution < -0.4 is 16.0 Å². The maximum absolute atomic E-state index is 5.51. The molecule has 0 saturated carbocycles. The van der Waals surface area contributed by atoms with Gasteiger partial charge in [0.25, 0.3) is 0 Å². The molecular weight excluding hydrogens is 250 g/mol. The number of benzene rings is 2. The predicted octanol–water partition coefficient (Wildman–Crippen LogP) is 3.20. The van der Waals surface area contributed by atoms with Crippen LogP contribution in [0, 0.1) is 0 Å². The molecule has 100 valence electrons. The molecule has 4 nitrogen and oxygen atoms in total. The second-order valence-electron chi connectivity index (χ2n) is 4.45. The number of nitrogens with two attached hydrogens (primary N) is 1. The van der Waals surface area contributed by atoms with E-state index in [-0.39, 0.29) is 0 Å². The molecule has 2 aromatic carbocycles. The van der Waals surface area contributed by atoms with Crippen molar-refractivity contribution < 1.29 is 4.74 Å². The lowest BCUT2D eigenvalue weighted by Gasteiger charge is -2.10. The maximum atomic E-state index is 5.51. The van der Waals surface area contributed by atoms with E-state index in [0.29, 0.717) is 5.82 Å². The van der Waals surface area contributed by atoms with Crippen molar-refractivity contribution in [3.05, 3.63) is 54.6 Å². The summed E-state index contributed by atoms with van der Waals surface area (Å²) in [4.78, 5) is 4.47. The Morgan fingerprint density at radius 3 is 2.55 bits per heavy atom. The van der Waals surface area contributed by atoms with Gasteiger partial charge in [-0.3, -0.25) is 0 Å². The third-order valence-corrected chi connectivity index (χ3v) is 3.25. The minimum Gasteiger partial charge on any atom is -0.497 e. The van der Waals surface area contributed by atoms with Crippen molar-refractivity contribution >= 4 is 16.7 Å². The average molecular weight is 265 g/mol. The van der Waals surface area contributed by atoms with Gasteiger partial charge in [-0.25, -0.2) is 10.8 Å². The van der Waals surface area contributed by atoms with Crippen molar-refractivity contribution in [3.8, 4) is 16.9 Å². The average Bonchev–Trinajstić information content (AvgIpc) is 2.53. The first-order chi connectivity index (χ1) is 9.81. The van der Waals surface area contributed by atoms with E-state index < -0.39 is 0 Å². The third-order valence-electron chi connectivity index (χ3n) is 3.25. The Labute approximate surface area is 117 Å². The molecule has 3 N–H and O–H groups in total. The Kier molecular flexibility index (Phi) is 3.23. The van der Waals surface area contributed by atoms with Crippen molar-refractivity contribution in [1.29, 1.82) is 0 Å². The van der Waals surface area contributed by atoms with Crippen molar-refractivity contribution in [2.24, 2.45) is 5.84 Å². The lowest BCUT2D eigenvalue weighted by molar-refractivity contribution is 0.415. The van der Waals surface area contributed by atoms with Crippen LogP contribution in [-0.2, 0) is 0 Å². The zero-order chi connectivity index (χ0) is 13.9. The topological polar surface area (TPSA) is 60.2 Å². The number of nitrogens with zero attached hydrogens (tertiary/aromatic N) is 1. The normalized spacial score (nSPS) is 10.5. The highest BCUT2D eigenvalue weighted by Gasteiger charge is 2.08. The number of aromatic nitrogens is 1. The van der Waals surface area contributed by atoms with Gasteiger partial charge in [0.15, 0.2) is 0 Å². The molecule has 0 amide bonds. The van der Waals surface area contributed by atoms with Gasteiger partial charge in [0.2, 0.25) is 0 Å². The van der Waals surface area contributed by atoms with E-state index in [9.17, 15) is 0 Å². The van der Waals surface area contributed by atoms with Crippen LogP contribution in [0.5, 0.6) is 5.75 Å². The van der Waals surface area contributed by atoms with Crippen LogP contribution in [0.2, 0.25) is 0 Å². The predicted molar refractivity (Wildman–Crippen MR) is 81.5 cm³/mol. The van der Waals surface area contributed by atoms with Crippen LogP contribution in [0.15, 0.2) is 54.6 Å². The van der Waals surface area contributed by atoms with Crippen LogP contribution in [-0.4, -0.2) is 12.1 Å². The molecule has 0 aliphatic carbocycles. The fraction of sp³-hybridized carbons (Fsp3) is 0.0625. The second-order valence-corrected chi connectivity index (χ2v) is 4.45. The van der Waals surface area contributed by atoms with E-state index in [1.807, 2.05) is 42.5 Å². The number of anilines is 1. The molecule has 3 rings (SSSR count). The zero-order valence-electron chi connectivity index (χ0n) is 11.1. The van der Waals surface area contributed by atoms with Gasteiger partial charge in [-0.2, -0.15) is 0 Å². The van der Waals surface area contributed by atoms with Gasteiger partial charge in [-0.15, -0.1) is 0 Å². The van der Waals surface area contributed by atoms with E-state index in [1.54, 1.807) is 7.11 Å². The Balaban J connectivity index is 2.30. The van der Waals surface area contributed by atoms with Gasteiger partial charge < -0.3 is 10.2 Å². The Hall–Kier alpha value is -2.59. The van der Waals surface area contributed by atoms with Crippen LogP contribution in [0.1, 0.15) is 0 Å². The first-order valence-electron chi connectivity index (χ1n) is 6.32. The number of nitrogens with one attached hydrogen (secondary N) is 1. The lowest BCUT2D eigenvalue weighted by atomic mass is 10.0. The second kappa shape index (κ2) is 5.19. The maximum Gasteiger partial charge on any atom is 0.141 e. The molecule has 0 saturated heterocycles. The molecule has 0 bridgehead atoms. The number of ether oxygens (including phenoxy) is 1. The molecule has 20 heavy (non-hydrogen) atoms. The van der Waals surface area contributed by atoms with E-state index in [4.69, 9.17) is 10.6 Å². The Morgan fingerprint density at radius 1 is 1.05 bits per heavy atom. The third kappa shape index (κ3) is 2.17. The highest BCUT2D eigenvalue weighted by Crippen LogP contribution is 2.31. The van der Waals surface area contributed by atoms with Gasteiger partial charge in [-0.05, 0) is 29.3 Å². The van der Waals surface area contributed by atoms with Crippen molar-refractivity contribution in [2.75, 3.05) is 12.5 Å². The van der Waals surface area contributed by atoms with Crippen molar-refractivity contribution in [1.82, 2.24) is 4.98 Å². The SMILES string of the molecule is COc1ccc2c(-c3ccccc3)cc(NN)nc2c1. The van der Waals surface area contributed by atoms with E-state index >= 15 is 0 Å². The Bertz CT molecular complexity index is 736. The number of nitrogen functional groups attached to an aromatic ring is 1. The summed E-state index contributed by atoms with van der Waals surface area (Å²) in [7, 11) is 1.64. The first-order valence-corrected chi connectivity index (χ1v) is 6.32. The quantitative estimate of drug-likeness (QED) is 0.564. The van der Waals surface area contributed by atoms with Crippen LogP contribution in [0.3, 0.4) is 0 Å². The summed E-state index contributed by atoms with van der Waals surface area (Å²) < 4.78 is 5.25. The molecule has 3 aromatic rings. The monoisotopic (exact) mass is 265 g/mol. The summed E-state index contributed by atoms with van der Waals surface area (Å²) in [5, 5.41) is 1.07. The van der Waals surface area contributed by atoms with Crippen LogP contribution in [0.25, 0.3) is 22.0 Å². The molecule has 0 unspecified atom stereocenters. The summed E-state index contributed by atoms with van der Waals surface area (Å²) >= 11 is 0. The minimum atomic E-state index is 0.629. The fourth-order valence-corrected chi connectivity index (χ4v) is 2.27. The molecule has 0 atom stereocenters. The van der Waals surface area contributed by atoms with Crippen LogP contribution in [0.4, 0.5) is 5.82 Å². The lowest BCUT2D eigenvalue weighted by Crippen LogP contribution is -2.08. The summed E-state index contributed by atoms with van der Waals surface area (Å²) in [6.45, 7) is 0. The number of hydrogen-bond acceptors (Lipinski definition) is 4. The molecule has 1 heterocycles. The van der Waals surface area contributed by atoms with Gasteiger partial charge in [0.05, 0.1) is 12.6 Å². The number of fused-ring (bicyclic) bond motifs is 1. The number of methoxy groups -OCH3 is 1. The molecule has 0 fully saturated rings. The van der Waals surface area contributed by atoms with Crippen molar-refractivity contribution in [2.45, 2.75) is 0 Å². The standard InChI is InChI=1S/C16H15N3O/c1-20-12-7-8-13-14(11-5-3-2-4-6-11)10-16(19-17)18-15(13)9-12/h2-10H,17H2,1H3,(H,18,19). The summed E-state index contributed by atoms with van der Waals surface area (Å²) in [5.41, 5.74) is 5.68. The molecule has 0 radical (unpaired) electrons. The van der Waals surface area contributed by atoms with Gasteiger partial charge in [-0.1, -0.05) is 30.3 Å². The summed E-state index contributed by atoms with van der Waals surface area (Å²) in [6.07, 6.45) is 0. The number of pyridine rings is 1. The van der Waals surface area contributed by atoms with Gasteiger partial charge in [0.1, 0.15) is 11.6 Å². The largest absolute Gasteiger partial charge is 0.497 e. The number of rotatable bonds is 3. The zero-order valence-corrected chi connectivity index (χ0v) is 11.1. The highest BCUT2D eigenvalue weighted by atomic mass is 16.5. The first kappa shape index (κ1) is 12.4. The van der Waals surface area contributed by atoms with Crippen LogP contribution >= 0.6 is 0 Å². The summed E-state index contributed by atoms with van der Waals surface area (Å²) in [5.74, 6) is 6.92. The molecule has 0 aliphatic rings. The minimum absolute atomic E-state index is 0.629. The highest BCUT2D eigenvalue weighted by molar-refractivity contribution is 5.96. The van der Waals surface area contributed by atoms with Gasteiger partial charge >= 0.3 is 0 Å². The fourth-order valence-electron chi connectivity index (χ4n) is 2.27. The van der Waals surface area contributed by atoms with E-state index in [1.165, 1.54) is 0 Å².